The first-order valence-electron chi connectivity index (χ1n) is 5.47. The van der Waals surface area contributed by atoms with E-state index in [0.717, 1.165) is 20.2 Å². The Morgan fingerprint density at radius 3 is 2.89 bits per heavy atom. The molecule has 0 spiro atoms. The summed E-state index contributed by atoms with van der Waals surface area (Å²) in [4.78, 5) is 11.8. The van der Waals surface area contributed by atoms with Crippen LogP contribution in [0, 0.1) is 0 Å². The molecule has 1 amide bonds. The monoisotopic (exact) mass is 383 g/mol. The molecule has 0 radical (unpaired) electrons. The van der Waals surface area contributed by atoms with Gasteiger partial charge in [0.05, 0.1) is 11.9 Å². The second-order valence-electron chi connectivity index (χ2n) is 3.89. The van der Waals surface area contributed by atoms with Gasteiger partial charge in [-0.1, -0.05) is 15.9 Å². The van der Waals surface area contributed by atoms with Crippen LogP contribution in [0.25, 0.3) is 6.08 Å². The molecule has 0 bridgehead atoms. The molecule has 1 N–H and O–H groups in total. The van der Waals surface area contributed by atoms with Crippen LogP contribution in [0.4, 0.5) is 5.69 Å². The third-order valence-electron chi connectivity index (χ3n) is 2.34. The number of halogens is 2. The average molecular weight is 385 g/mol. The number of amides is 1. The molecule has 1 heterocycles. The Bertz CT molecular complexity index is 635. The maximum atomic E-state index is 11.8. The SMILES string of the molecule is Cn1cc(/C=C/C(=O)Nc2cc(Br)ccc2Br)cn1. The molecule has 4 nitrogen and oxygen atoms in total. The topological polar surface area (TPSA) is 46.9 Å². The lowest BCUT2D eigenvalue weighted by Gasteiger charge is -2.05. The lowest BCUT2D eigenvalue weighted by atomic mass is 10.3. The molecular weight excluding hydrogens is 374 g/mol. The third kappa shape index (κ3) is 4.04. The fourth-order valence-corrected chi connectivity index (χ4v) is 2.17. The van der Waals surface area contributed by atoms with Gasteiger partial charge in [0, 0.05) is 33.8 Å². The van der Waals surface area contributed by atoms with Crippen molar-refractivity contribution in [3.63, 3.8) is 0 Å². The zero-order valence-electron chi connectivity index (χ0n) is 10.1. The number of benzene rings is 1. The smallest absolute Gasteiger partial charge is 0.248 e. The number of rotatable bonds is 3. The van der Waals surface area contributed by atoms with E-state index >= 15 is 0 Å². The molecule has 0 fully saturated rings. The lowest BCUT2D eigenvalue weighted by molar-refractivity contribution is -0.111. The van der Waals surface area contributed by atoms with Crippen molar-refractivity contribution in [3.05, 3.63) is 51.2 Å². The first kappa shape index (κ1) is 14.0. The Kier molecular flexibility index (Phi) is 4.55. The van der Waals surface area contributed by atoms with Gasteiger partial charge >= 0.3 is 0 Å². The highest BCUT2D eigenvalue weighted by Crippen LogP contribution is 2.26. The molecule has 0 atom stereocenters. The molecule has 1 aromatic carbocycles. The summed E-state index contributed by atoms with van der Waals surface area (Å²) in [5.41, 5.74) is 1.60. The summed E-state index contributed by atoms with van der Waals surface area (Å²) < 4.78 is 3.42. The molecule has 6 heteroatoms. The van der Waals surface area contributed by atoms with Crippen LogP contribution < -0.4 is 5.32 Å². The highest BCUT2D eigenvalue weighted by molar-refractivity contribution is 9.11. The Hall–Kier alpha value is -1.40. The maximum absolute atomic E-state index is 11.8. The van der Waals surface area contributed by atoms with Crippen molar-refractivity contribution in [2.24, 2.45) is 7.05 Å². The molecule has 2 aromatic rings. The number of anilines is 1. The largest absolute Gasteiger partial charge is 0.321 e. The molecule has 2 rings (SSSR count). The van der Waals surface area contributed by atoms with Gasteiger partial charge in [0.2, 0.25) is 5.91 Å². The predicted octanol–water partition coefficient (Wildman–Crippen LogP) is 3.60. The standard InChI is InChI=1S/C13H11Br2N3O/c1-18-8-9(7-16-18)2-5-13(19)17-12-6-10(14)3-4-11(12)15/h2-8H,1H3,(H,17,19)/b5-2+. The van der Waals surface area contributed by atoms with Crippen molar-refractivity contribution in [2.75, 3.05) is 5.32 Å². The number of carbonyl (C=O) groups excluding carboxylic acids is 1. The van der Waals surface area contributed by atoms with Gasteiger partial charge in [-0.3, -0.25) is 9.48 Å². The molecule has 0 saturated carbocycles. The van der Waals surface area contributed by atoms with Crippen LogP contribution in [-0.4, -0.2) is 15.7 Å². The summed E-state index contributed by atoms with van der Waals surface area (Å²) in [5.74, 6) is -0.192. The molecule has 1 aromatic heterocycles. The van der Waals surface area contributed by atoms with Crippen LogP contribution in [0.2, 0.25) is 0 Å². The summed E-state index contributed by atoms with van der Waals surface area (Å²) in [6.45, 7) is 0. The second kappa shape index (κ2) is 6.16. The number of hydrogen-bond donors (Lipinski definition) is 1. The fourth-order valence-electron chi connectivity index (χ4n) is 1.47. The molecule has 98 valence electrons. The van der Waals surface area contributed by atoms with E-state index in [9.17, 15) is 4.79 Å². The lowest BCUT2D eigenvalue weighted by Crippen LogP contribution is -2.08. The Balaban J connectivity index is 2.05. The minimum Gasteiger partial charge on any atom is -0.321 e. The summed E-state index contributed by atoms with van der Waals surface area (Å²) in [5, 5.41) is 6.82. The van der Waals surface area contributed by atoms with Gasteiger partial charge in [0.25, 0.3) is 0 Å². The van der Waals surface area contributed by atoms with Crippen LogP contribution in [0.5, 0.6) is 0 Å². The summed E-state index contributed by atoms with van der Waals surface area (Å²) >= 11 is 6.75. The van der Waals surface area contributed by atoms with Gasteiger partial charge in [-0.25, -0.2) is 0 Å². The van der Waals surface area contributed by atoms with E-state index in [1.807, 2.05) is 31.4 Å². The summed E-state index contributed by atoms with van der Waals surface area (Å²) in [6, 6.07) is 5.59. The molecule has 0 saturated heterocycles. The van der Waals surface area contributed by atoms with Crippen LogP contribution >= 0.6 is 31.9 Å². The highest BCUT2D eigenvalue weighted by atomic mass is 79.9. The Labute approximate surface area is 127 Å². The number of carbonyl (C=O) groups is 1. The number of nitrogens with one attached hydrogen (secondary N) is 1. The van der Waals surface area contributed by atoms with Crippen molar-refractivity contribution in [3.8, 4) is 0 Å². The molecule has 19 heavy (non-hydrogen) atoms. The van der Waals surface area contributed by atoms with Crippen LogP contribution in [-0.2, 0) is 11.8 Å². The summed E-state index contributed by atoms with van der Waals surface area (Å²) in [7, 11) is 1.83. The van der Waals surface area contributed by atoms with E-state index in [1.54, 1.807) is 17.0 Å². The zero-order chi connectivity index (χ0) is 13.8. The van der Waals surface area contributed by atoms with Gasteiger partial charge < -0.3 is 5.32 Å². The van der Waals surface area contributed by atoms with Crippen LogP contribution in [0.15, 0.2) is 45.6 Å². The zero-order valence-corrected chi connectivity index (χ0v) is 13.3. The van der Waals surface area contributed by atoms with Gasteiger partial charge in [-0.05, 0) is 40.2 Å². The van der Waals surface area contributed by atoms with Gasteiger partial charge in [0.1, 0.15) is 0 Å². The normalized spacial score (nSPS) is 10.9. The van der Waals surface area contributed by atoms with Crippen molar-refractivity contribution in [1.82, 2.24) is 9.78 Å². The number of hydrogen-bond acceptors (Lipinski definition) is 2. The van der Waals surface area contributed by atoms with Gasteiger partial charge in [-0.15, -0.1) is 0 Å². The van der Waals surface area contributed by atoms with Crippen molar-refractivity contribution in [2.45, 2.75) is 0 Å². The Morgan fingerprint density at radius 1 is 1.42 bits per heavy atom. The molecule has 0 aliphatic carbocycles. The summed E-state index contributed by atoms with van der Waals surface area (Å²) in [6.07, 6.45) is 6.72. The van der Waals surface area contributed by atoms with E-state index in [-0.39, 0.29) is 5.91 Å². The molecular formula is C13H11Br2N3O. The molecule has 0 aliphatic heterocycles. The van der Waals surface area contributed by atoms with Crippen LogP contribution in [0.1, 0.15) is 5.56 Å². The first-order valence-corrected chi connectivity index (χ1v) is 7.06. The minimum absolute atomic E-state index is 0.192. The quantitative estimate of drug-likeness (QED) is 0.822. The van der Waals surface area contributed by atoms with E-state index in [4.69, 9.17) is 0 Å². The first-order chi connectivity index (χ1) is 9.04. The minimum atomic E-state index is -0.192. The predicted molar refractivity (Wildman–Crippen MR) is 82.7 cm³/mol. The van der Waals surface area contributed by atoms with E-state index in [0.29, 0.717) is 0 Å². The Morgan fingerprint density at radius 2 is 2.21 bits per heavy atom. The van der Waals surface area contributed by atoms with Crippen molar-refractivity contribution >= 4 is 49.5 Å². The number of aryl methyl sites for hydroxylation is 1. The van der Waals surface area contributed by atoms with Crippen LogP contribution in [0.3, 0.4) is 0 Å². The third-order valence-corrected chi connectivity index (χ3v) is 3.52. The highest BCUT2D eigenvalue weighted by Gasteiger charge is 2.03. The molecule has 0 aliphatic rings. The van der Waals surface area contributed by atoms with E-state index in [1.165, 1.54) is 6.08 Å². The second-order valence-corrected chi connectivity index (χ2v) is 5.66. The fraction of sp³-hybridized carbons (Fsp3) is 0.0769. The number of nitrogens with zero attached hydrogens (tertiary/aromatic N) is 2. The van der Waals surface area contributed by atoms with Crippen molar-refractivity contribution in [1.29, 1.82) is 0 Å². The van der Waals surface area contributed by atoms with Gasteiger partial charge in [-0.2, -0.15) is 5.10 Å². The molecule has 0 unspecified atom stereocenters. The van der Waals surface area contributed by atoms with Crippen molar-refractivity contribution < 1.29 is 4.79 Å². The van der Waals surface area contributed by atoms with E-state index < -0.39 is 0 Å². The van der Waals surface area contributed by atoms with E-state index in [2.05, 4.69) is 42.3 Å². The number of aromatic nitrogens is 2. The maximum Gasteiger partial charge on any atom is 0.248 e. The van der Waals surface area contributed by atoms with Gasteiger partial charge in [0.15, 0.2) is 0 Å². The average Bonchev–Trinajstić information content (AvgIpc) is 2.77.